The lowest BCUT2D eigenvalue weighted by molar-refractivity contribution is -0.116. The summed E-state index contributed by atoms with van der Waals surface area (Å²) in [5.74, 6) is -0.133. The third-order valence-electron chi connectivity index (χ3n) is 4.26. The van der Waals surface area contributed by atoms with Gasteiger partial charge >= 0.3 is 0 Å². The Labute approximate surface area is 144 Å². The molecule has 0 bridgehead atoms. The van der Waals surface area contributed by atoms with Crippen LogP contribution in [-0.4, -0.2) is 45.3 Å². The summed E-state index contributed by atoms with van der Waals surface area (Å²) in [6.45, 7) is 3.51. The van der Waals surface area contributed by atoms with E-state index in [1.54, 1.807) is 36.5 Å². The van der Waals surface area contributed by atoms with E-state index in [-0.39, 0.29) is 10.8 Å². The highest BCUT2D eigenvalue weighted by atomic mass is 32.2. The highest BCUT2D eigenvalue weighted by molar-refractivity contribution is 7.89. The number of aryl methyl sites for hydroxylation is 1. The number of nitrogens with one attached hydrogen (secondary N) is 2. The molecule has 24 heavy (non-hydrogen) atoms. The maximum absolute atomic E-state index is 13.0. The van der Waals surface area contributed by atoms with E-state index in [9.17, 15) is 13.2 Å². The summed E-state index contributed by atoms with van der Waals surface area (Å²) in [5, 5.41) is 5.68. The SMILES string of the molecule is CNCCC(=O)Nc1ccc(C)c(S(=O)(=O)N2CCCCCC2)c1. The molecular weight excluding hydrogens is 326 g/mol. The number of carbonyl (C=O) groups excluding carboxylic acids is 1. The van der Waals surface area contributed by atoms with Gasteiger partial charge < -0.3 is 10.6 Å². The third kappa shape index (κ3) is 4.78. The first-order valence-corrected chi connectivity index (χ1v) is 9.94. The van der Waals surface area contributed by atoms with Crippen LogP contribution in [0.15, 0.2) is 23.1 Å². The maximum atomic E-state index is 13.0. The van der Waals surface area contributed by atoms with Gasteiger partial charge in [-0.15, -0.1) is 0 Å². The van der Waals surface area contributed by atoms with E-state index in [0.717, 1.165) is 25.7 Å². The van der Waals surface area contributed by atoms with Gasteiger partial charge in [0.25, 0.3) is 0 Å². The van der Waals surface area contributed by atoms with Gasteiger partial charge in [-0.3, -0.25) is 4.79 Å². The van der Waals surface area contributed by atoms with Crippen molar-refractivity contribution < 1.29 is 13.2 Å². The Morgan fingerprint density at radius 3 is 2.46 bits per heavy atom. The van der Waals surface area contributed by atoms with Crippen LogP contribution in [0.25, 0.3) is 0 Å². The molecule has 1 aliphatic heterocycles. The molecule has 1 heterocycles. The van der Waals surface area contributed by atoms with Crippen molar-refractivity contribution in [3.63, 3.8) is 0 Å². The van der Waals surface area contributed by atoms with Crippen LogP contribution < -0.4 is 10.6 Å². The van der Waals surface area contributed by atoms with Crippen molar-refractivity contribution in [3.05, 3.63) is 23.8 Å². The smallest absolute Gasteiger partial charge is 0.243 e. The van der Waals surface area contributed by atoms with Crippen LogP contribution in [-0.2, 0) is 14.8 Å². The molecule has 0 unspecified atom stereocenters. The fraction of sp³-hybridized carbons (Fsp3) is 0.588. The van der Waals surface area contributed by atoms with Gasteiger partial charge in [-0.2, -0.15) is 4.31 Å². The number of sulfonamides is 1. The number of carbonyl (C=O) groups is 1. The van der Waals surface area contributed by atoms with Crippen molar-refractivity contribution in [2.24, 2.45) is 0 Å². The molecule has 1 amide bonds. The monoisotopic (exact) mass is 353 g/mol. The summed E-state index contributed by atoms with van der Waals surface area (Å²) in [5.41, 5.74) is 1.22. The van der Waals surface area contributed by atoms with Crippen molar-refractivity contribution in [1.82, 2.24) is 9.62 Å². The van der Waals surface area contributed by atoms with E-state index in [1.165, 1.54) is 0 Å². The predicted molar refractivity (Wildman–Crippen MR) is 95.6 cm³/mol. The van der Waals surface area contributed by atoms with Crippen LogP contribution in [0.4, 0.5) is 5.69 Å². The number of hydrogen-bond donors (Lipinski definition) is 2. The lowest BCUT2D eigenvalue weighted by Crippen LogP contribution is -2.32. The first kappa shape index (κ1) is 18.9. The number of anilines is 1. The van der Waals surface area contributed by atoms with E-state index >= 15 is 0 Å². The van der Waals surface area contributed by atoms with Crippen molar-refractivity contribution >= 4 is 21.6 Å². The van der Waals surface area contributed by atoms with E-state index < -0.39 is 10.0 Å². The Morgan fingerprint density at radius 1 is 1.17 bits per heavy atom. The van der Waals surface area contributed by atoms with Gasteiger partial charge in [0.1, 0.15) is 0 Å². The van der Waals surface area contributed by atoms with E-state index in [2.05, 4.69) is 10.6 Å². The average Bonchev–Trinajstić information content (AvgIpc) is 2.84. The van der Waals surface area contributed by atoms with E-state index in [4.69, 9.17) is 0 Å². The molecule has 0 aromatic heterocycles. The fourth-order valence-electron chi connectivity index (χ4n) is 2.84. The van der Waals surface area contributed by atoms with Crippen LogP contribution in [0, 0.1) is 6.92 Å². The van der Waals surface area contributed by atoms with Crippen LogP contribution in [0.2, 0.25) is 0 Å². The molecule has 1 aliphatic rings. The molecule has 1 aromatic rings. The minimum Gasteiger partial charge on any atom is -0.326 e. The number of benzene rings is 1. The molecule has 0 spiro atoms. The summed E-state index contributed by atoms with van der Waals surface area (Å²) in [7, 11) is -1.74. The molecule has 0 radical (unpaired) electrons. The molecule has 7 heteroatoms. The standard InChI is InChI=1S/C17H27N3O3S/c1-14-7-8-15(19-17(21)9-10-18-2)13-16(14)24(22,23)20-11-5-3-4-6-12-20/h7-8,13,18H,3-6,9-12H2,1-2H3,(H,19,21). The topological polar surface area (TPSA) is 78.5 Å². The summed E-state index contributed by atoms with van der Waals surface area (Å²) in [6, 6.07) is 5.07. The first-order valence-electron chi connectivity index (χ1n) is 8.50. The molecule has 2 rings (SSSR count). The number of hydrogen-bond acceptors (Lipinski definition) is 4. The summed E-state index contributed by atoms with van der Waals surface area (Å²) in [4.78, 5) is 12.1. The number of amides is 1. The largest absolute Gasteiger partial charge is 0.326 e. The third-order valence-corrected chi connectivity index (χ3v) is 6.30. The first-order chi connectivity index (χ1) is 11.4. The lowest BCUT2D eigenvalue weighted by Gasteiger charge is -2.21. The van der Waals surface area contributed by atoms with E-state index in [0.29, 0.717) is 37.3 Å². The molecule has 6 nitrogen and oxygen atoms in total. The van der Waals surface area contributed by atoms with Crippen LogP contribution in [0.3, 0.4) is 0 Å². The zero-order valence-electron chi connectivity index (χ0n) is 14.5. The van der Waals surface area contributed by atoms with Crippen LogP contribution in [0.1, 0.15) is 37.7 Å². The molecule has 2 N–H and O–H groups in total. The molecule has 0 atom stereocenters. The lowest BCUT2D eigenvalue weighted by atomic mass is 10.2. The second-order valence-electron chi connectivity index (χ2n) is 6.20. The van der Waals surface area contributed by atoms with Gasteiger partial charge in [-0.25, -0.2) is 8.42 Å². The number of rotatable bonds is 6. The molecule has 0 aliphatic carbocycles. The van der Waals surface area contributed by atoms with Crippen molar-refractivity contribution in [3.8, 4) is 0 Å². The quantitative estimate of drug-likeness (QED) is 0.821. The van der Waals surface area contributed by atoms with Gasteiger partial charge in [0.05, 0.1) is 4.90 Å². The predicted octanol–water partition coefficient (Wildman–Crippen LogP) is 2.11. The number of nitrogens with zero attached hydrogens (tertiary/aromatic N) is 1. The highest BCUT2D eigenvalue weighted by Crippen LogP contribution is 2.25. The summed E-state index contributed by atoms with van der Waals surface area (Å²) < 4.78 is 27.5. The zero-order chi connectivity index (χ0) is 17.6. The van der Waals surface area contributed by atoms with Crippen LogP contribution in [0.5, 0.6) is 0 Å². The minimum absolute atomic E-state index is 0.133. The minimum atomic E-state index is -3.52. The van der Waals surface area contributed by atoms with Gasteiger partial charge in [0, 0.05) is 31.7 Å². The maximum Gasteiger partial charge on any atom is 0.243 e. The Balaban J connectivity index is 2.22. The molecule has 1 aromatic carbocycles. The molecular formula is C17H27N3O3S. The second-order valence-corrected chi connectivity index (χ2v) is 8.11. The van der Waals surface area contributed by atoms with Gasteiger partial charge in [0.2, 0.25) is 15.9 Å². The van der Waals surface area contributed by atoms with E-state index in [1.807, 2.05) is 0 Å². The highest BCUT2D eigenvalue weighted by Gasteiger charge is 2.27. The van der Waals surface area contributed by atoms with Crippen LogP contribution >= 0.6 is 0 Å². The van der Waals surface area contributed by atoms with Crippen molar-refractivity contribution in [2.45, 2.75) is 43.9 Å². The second kappa shape index (κ2) is 8.60. The zero-order valence-corrected chi connectivity index (χ0v) is 15.3. The Bertz CT molecular complexity index is 666. The van der Waals surface area contributed by atoms with Gasteiger partial charge in [-0.1, -0.05) is 18.9 Å². The molecule has 1 saturated heterocycles. The van der Waals surface area contributed by atoms with Gasteiger partial charge in [0.15, 0.2) is 0 Å². The van der Waals surface area contributed by atoms with Crippen molar-refractivity contribution in [1.29, 1.82) is 0 Å². The normalized spacial score (nSPS) is 16.6. The fourth-order valence-corrected chi connectivity index (χ4v) is 4.61. The molecule has 0 saturated carbocycles. The summed E-state index contributed by atoms with van der Waals surface area (Å²) in [6.07, 6.45) is 4.30. The average molecular weight is 353 g/mol. The van der Waals surface area contributed by atoms with Crippen molar-refractivity contribution in [2.75, 3.05) is 32.0 Å². The summed E-state index contributed by atoms with van der Waals surface area (Å²) >= 11 is 0. The molecule has 134 valence electrons. The molecule has 1 fully saturated rings. The van der Waals surface area contributed by atoms with Gasteiger partial charge in [-0.05, 0) is 44.5 Å². The Kier molecular flexibility index (Phi) is 6.77. The Hall–Kier alpha value is -1.44. The Morgan fingerprint density at radius 2 is 1.83 bits per heavy atom.